The van der Waals surface area contributed by atoms with Crippen LogP contribution in [0, 0.1) is 17.1 Å². The lowest BCUT2D eigenvalue weighted by atomic mass is 10.1. The Kier molecular flexibility index (Phi) is 2.84. The van der Waals surface area contributed by atoms with Gasteiger partial charge in [-0.1, -0.05) is 11.3 Å². The first-order valence-electron chi connectivity index (χ1n) is 5.89. The largest absolute Gasteiger partial charge is 0.478 e. The first kappa shape index (κ1) is 12.7. The van der Waals surface area contributed by atoms with Crippen molar-refractivity contribution in [2.45, 2.75) is 0 Å². The predicted molar refractivity (Wildman–Crippen MR) is 70.5 cm³/mol. The van der Waals surface area contributed by atoms with Crippen molar-refractivity contribution in [3.63, 3.8) is 0 Å². The molecule has 0 spiro atoms. The molecule has 2 aromatic carbocycles. The molecule has 0 radical (unpaired) electrons. The Labute approximate surface area is 117 Å². The molecular formula is C14H7FN4O2. The van der Waals surface area contributed by atoms with Crippen LogP contribution in [0.1, 0.15) is 15.9 Å². The lowest BCUT2D eigenvalue weighted by Gasteiger charge is -2.04. The van der Waals surface area contributed by atoms with Crippen molar-refractivity contribution < 1.29 is 14.3 Å². The van der Waals surface area contributed by atoms with Crippen LogP contribution in [0.2, 0.25) is 0 Å². The van der Waals surface area contributed by atoms with E-state index in [1.54, 1.807) is 12.1 Å². The van der Waals surface area contributed by atoms with Gasteiger partial charge in [0.25, 0.3) is 0 Å². The van der Waals surface area contributed by atoms with Gasteiger partial charge >= 0.3 is 5.97 Å². The highest BCUT2D eigenvalue weighted by Crippen LogP contribution is 2.22. The molecule has 6 nitrogen and oxygen atoms in total. The van der Waals surface area contributed by atoms with Crippen LogP contribution in [-0.2, 0) is 0 Å². The van der Waals surface area contributed by atoms with Crippen molar-refractivity contribution in [2.75, 3.05) is 0 Å². The van der Waals surface area contributed by atoms with Crippen LogP contribution in [0.15, 0.2) is 36.4 Å². The number of nitriles is 1. The molecule has 0 saturated heterocycles. The summed E-state index contributed by atoms with van der Waals surface area (Å²) in [4.78, 5) is 11.1. The summed E-state index contributed by atoms with van der Waals surface area (Å²) in [7, 11) is 0. The minimum Gasteiger partial charge on any atom is -0.478 e. The number of nitrogens with zero attached hydrogens (tertiary/aromatic N) is 4. The topological polar surface area (TPSA) is 91.8 Å². The Balaban J connectivity index is 2.31. The van der Waals surface area contributed by atoms with E-state index in [-0.39, 0.29) is 16.6 Å². The molecule has 21 heavy (non-hydrogen) atoms. The van der Waals surface area contributed by atoms with E-state index in [1.165, 1.54) is 22.9 Å². The second kappa shape index (κ2) is 4.68. The Morgan fingerprint density at radius 2 is 2.14 bits per heavy atom. The number of hydrogen-bond acceptors (Lipinski definition) is 4. The number of fused-ring (bicyclic) bond motifs is 1. The molecule has 1 aromatic heterocycles. The molecule has 0 aliphatic rings. The van der Waals surface area contributed by atoms with Crippen molar-refractivity contribution >= 4 is 17.0 Å². The maximum absolute atomic E-state index is 13.2. The van der Waals surface area contributed by atoms with Crippen molar-refractivity contribution in [3.8, 4) is 11.8 Å². The average Bonchev–Trinajstić information content (AvgIpc) is 2.90. The lowest BCUT2D eigenvalue weighted by Crippen LogP contribution is -2.01. The summed E-state index contributed by atoms with van der Waals surface area (Å²) < 4.78 is 14.5. The van der Waals surface area contributed by atoms with E-state index in [9.17, 15) is 9.18 Å². The van der Waals surface area contributed by atoms with E-state index in [1.807, 2.05) is 6.07 Å². The molecule has 0 aliphatic carbocycles. The van der Waals surface area contributed by atoms with Crippen LogP contribution >= 0.6 is 0 Å². The fraction of sp³-hybridized carbons (Fsp3) is 0. The third-order valence-electron chi connectivity index (χ3n) is 3.01. The number of halogens is 1. The number of aromatic carboxylic acids is 1. The monoisotopic (exact) mass is 282 g/mol. The Morgan fingerprint density at radius 1 is 1.33 bits per heavy atom. The minimum absolute atomic E-state index is 0.0133. The highest BCUT2D eigenvalue weighted by Gasteiger charge is 2.16. The van der Waals surface area contributed by atoms with E-state index < -0.39 is 11.8 Å². The molecule has 102 valence electrons. The van der Waals surface area contributed by atoms with Gasteiger partial charge in [-0.3, -0.25) is 0 Å². The fourth-order valence-electron chi connectivity index (χ4n) is 2.08. The lowest BCUT2D eigenvalue weighted by molar-refractivity contribution is 0.0699. The Bertz CT molecular complexity index is 911. The van der Waals surface area contributed by atoms with Crippen molar-refractivity contribution in [3.05, 3.63) is 53.3 Å². The molecular weight excluding hydrogens is 275 g/mol. The van der Waals surface area contributed by atoms with E-state index in [0.717, 1.165) is 6.07 Å². The van der Waals surface area contributed by atoms with Crippen LogP contribution in [0.4, 0.5) is 4.39 Å². The summed E-state index contributed by atoms with van der Waals surface area (Å²) in [5, 5.41) is 25.9. The molecule has 1 heterocycles. The summed E-state index contributed by atoms with van der Waals surface area (Å²) in [6, 6.07) is 10.2. The summed E-state index contributed by atoms with van der Waals surface area (Å²) in [5.74, 6) is -1.65. The summed E-state index contributed by atoms with van der Waals surface area (Å²) in [6.07, 6.45) is 0. The number of benzene rings is 2. The predicted octanol–water partition coefficient (Wildman–Crippen LogP) is 2.13. The summed E-state index contributed by atoms with van der Waals surface area (Å²) in [6.45, 7) is 0. The van der Waals surface area contributed by atoms with Crippen LogP contribution in [0.5, 0.6) is 0 Å². The van der Waals surface area contributed by atoms with Gasteiger partial charge in [-0.25, -0.2) is 13.9 Å². The number of aromatic nitrogens is 3. The molecule has 0 atom stereocenters. The minimum atomic E-state index is -1.12. The molecule has 7 heteroatoms. The molecule has 0 amide bonds. The van der Waals surface area contributed by atoms with Gasteiger partial charge in [0.05, 0.1) is 22.3 Å². The van der Waals surface area contributed by atoms with Gasteiger partial charge in [0.1, 0.15) is 17.4 Å². The number of carboxylic acid groups (broad SMARTS) is 1. The third kappa shape index (κ3) is 1.99. The van der Waals surface area contributed by atoms with E-state index >= 15 is 0 Å². The molecule has 0 unspecified atom stereocenters. The smallest absolute Gasteiger partial charge is 0.338 e. The van der Waals surface area contributed by atoms with Crippen LogP contribution in [0.3, 0.4) is 0 Å². The maximum atomic E-state index is 13.2. The molecule has 0 aliphatic heterocycles. The van der Waals surface area contributed by atoms with E-state index in [4.69, 9.17) is 10.4 Å². The maximum Gasteiger partial charge on any atom is 0.338 e. The van der Waals surface area contributed by atoms with Gasteiger partial charge in [0.15, 0.2) is 0 Å². The third-order valence-corrected chi connectivity index (χ3v) is 3.01. The van der Waals surface area contributed by atoms with Gasteiger partial charge in [0, 0.05) is 0 Å². The van der Waals surface area contributed by atoms with Gasteiger partial charge in [-0.2, -0.15) is 5.26 Å². The number of rotatable bonds is 2. The Hall–Kier alpha value is -3.27. The quantitative estimate of drug-likeness (QED) is 0.777. The van der Waals surface area contributed by atoms with Crippen LogP contribution < -0.4 is 0 Å². The molecule has 3 aromatic rings. The number of carbonyl (C=O) groups is 1. The highest BCUT2D eigenvalue weighted by atomic mass is 19.1. The number of carboxylic acids is 1. The van der Waals surface area contributed by atoms with E-state index in [2.05, 4.69) is 10.3 Å². The van der Waals surface area contributed by atoms with Gasteiger partial charge in [-0.05, 0) is 30.3 Å². The number of hydrogen-bond donors (Lipinski definition) is 1. The molecule has 0 fully saturated rings. The first-order chi connectivity index (χ1) is 10.1. The average molecular weight is 282 g/mol. The molecule has 3 rings (SSSR count). The molecule has 1 N–H and O–H groups in total. The fourth-order valence-corrected chi connectivity index (χ4v) is 2.08. The van der Waals surface area contributed by atoms with Gasteiger partial charge in [0.2, 0.25) is 0 Å². The zero-order valence-corrected chi connectivity index (χ0v) is 10.5. The van der Waals surface area contributed by atoms with Crippen molar-refractivity contribution in [2.24, 2.45) is 0 Å². The first-order valence-corrected chi connectivity index (χ1v) is 5.89. The highest BCUT2D eigenvalue weighted by molar-refractivity contribution is 6.01. The second-order valence-electron chi connectivity index (χ2n) is 4.25. The second-order valence-corrected chi connectivity index (χ2v) is 4.25. The van der Waals surface area contributed by atoms with E-state index in [0.29, 0.717) is 11.2 Å². The zero-order chi connectivity index (χ0) is 15.0. The SMILES string of the molecule is N#Cc1cc(F)ccc1-n1nnc2c(C(=O)O)cccc21. The zero-order valence-electron chi connectivity index (χ0n) is 10.5. The Morgan fingerprint density at radius 3 is 2.86 bits per heavy atom. The molecule has 0 saturated carbocycles. The van der Waals surface area contributed by atoms with Crippen molar-refractivity contribution in [1.82, 2.24) is 15.0 Å². The normalized spacial score (nSPS) is 10.5. The summed E-state index contributed by atoms with van der Waals surface area (Å²) >= 11 is 0. The standard InChI is InChI=1S/C14H7FN4O2/c15-9-4-5-11(8(6-9)7-16)19-12-3-1-2-10(14(20)21)13(12)17-18-19/h1-6H,(H,20,21). The van der Waals surface area contributed by atoms with Gasteiger partial charge < -0.3 is 5.11 Å². The van der Waals surface area contributed by atoms with Gasteiger partial charge in [-0.15, -0.1) is 5.10 Å². The summed E-state index contributed by atoms with van der Waals surface area (Å²) in [5.41, 5.74) is 1.07. The molecule has 0 bridgehead atoms. The van der Waals surface area contributed by atoms with Crippen molar-refractivity contribution in [1.29, 1.82) is 5.26 Å². The van der Waals surface area contributed by atoms with Crippen LogP contribution in [-0.4, -0.2) is 26.1 Å². The van der Waals surface area contributed by atoms with Crippen LogP contribution in [0.25, 0.3) is 16.7 Å².